The first-order valence-electron chi connectivity index (χ1n) is 7.96. The number of nitrogens with one attached hydrogen (secondary N) is 1. The van der Waals surface area contributed by atoms with Crippen LogP contribution in [0.1, 0.15) is 5.56 Å². The van der Waals surface area contributed by atoms with E-state index in [1.165, 1.54) is 25.3 Å². The van der Waals surface area contributed by atoms with Gasteiger partial charge in [0.05, 0.1) is 23.8 Å². The van der Waals surface area contributed by atoms with Gasteiger partial charge in [-0.25, -0.2) is 9.29 Å². The third-order valence-corrected chi connectivity index (χ3v) is 4.30. The summed E-state index contributed by atoms with van der Waals surface area (Å²) in [6.07, 6.45) is 0.943. The zero-order valence-electron chi connectivity index (χ0n) is 14.7. The van der Waals surface area contributed by atoms with Gasteiger partial charge in [0.15, 0.2) is 16.6 Å². The number of para-hydroxylation sites is 1. The van der Waals surface area contributed by atoms with Crippen molar-refractivity contribution in [2.75, 3.05) is 12.0 Å². The molecule has 2 aromatic carbocycles. The van der Waals surface area contributed by atoms with Crippen LogP contribution in [0.15, 0.2) is 42.0 Å². The van der Waals surface area contributed by atoms with Crippen LogP contribution in [0.2, 0.25) is 0 Å². The van der Waals surface area contributed by atoms with Gasteiger partial charge in [0, 0.05) is 11.6 Å². The molecule has 2 aromatic rings. The summed E-state index contributed by atoms with van der Waals surface area (Å²) in [7, 11) is 1.19. The Hall–Kier alpha value is -3.86. The number of nitro benzene ring substituents is 1. The molecule has 2 N–H and O–H groups in total. The number of non-ortho nitro benzene ring substituents is 1. The maximum absolute atomic E-state index is 14.2. The summed E-state index contributed by atoms with van der Waals surface area (Å²) in [4.78, 5) is 36.4. The predicted octanol–water partition coefficient (Wildman–Crippen LogP) is 2.28. The van der Waals surface area contributed by atoms with Crippen molar-refractivity contribution in [2.24, 2.45) is 0 Å². The third-order valence-electron chi connectivity index (χ3n) is 4.01. The molecule has 148 valence electrons. The number of rotatable bonds is 4. The van der Waals surface area contributed by atoms with Crippen LogP contribution in [0.5, 0.6) is 11.5 Å². The smallest absolute Gasteiger partial charge is 0.274 e. The molecule has 0 aliphatic carbocycles. The van der Waals surface area contributed by atoms with Crippen LogP contribution in [0.3, 0.4) is 0 Å². The van der Waals surface area contributed by atoms with Crippen LogP contribution >= 0.6 is 12.2 Å². The van der Waals surface area contributed by atoms with Gasteiger partial charge in [0.1, 0.15) is 11.4 Å². The Labute approximate surface area is 168 Å². The number of halogens is 1. The average Bonchev–Trinajstić information content (AvgIpc) is 2.67. The second-order valence-electron chi connectivity index (χ2n) is 5.75. The molecule has 1 heterocycles. The number of hydrogen-bond acceptors (Lipinski definition) is 7. The number of phenols is 1. The van der Waals surface area contributed by atoms with E-state index in [9.17, 15) is 29.2 Å². The van der Waals surface area contributed by atoms with Crippen molar-refractivity contribution in [1.29, 1.82) is 0 Å². The molecule has 29 heavy (non-hydrogen) atoms. The van der Waals surface area contributed by atoms with Crippen molar-refractivity contribution < 1.29 is 28.7 Å². The highest BCUT2D eigenvalue weighted by atomic mass is 32.1. The summed E-state index contributed by atoms with van der Waals surface area (Å²) in [5, 5.41) is 23.3. The summed E-state index contributed by atoms with van der Waals surface area (Å²) in [6, 6.07) is 7.25. The maximum atomic E-state index is 14.2. The van der Waals surface area contributed by atoms with Gasteiger partial charge in [-0.2, -0.15) is 0 Å². The van der Waals surface area contributed by atoms with Gasteiger partial charge in [-0.15, -0.1) is 0 Å². The van der Waals surface area contributed by atoms with Crippen LogP contribution < -0.4 is 15.0 Å². The van der Waals surface area contributed by atoms with Crippen LogP contribution in [0.25, 0.3) is 6.08 Å². The molecule has 0 bridgehead atoms. The van der Waals surface area contributed by atoms with Crippen molar-refractivity contribution in [1.82, 2.24) is 5.32 Å². The van der Waals surface area contributed by atoms with E-state index in [1.54, 1.807) is 0 Å². The molecule has 1 aliphatic rings. The normalized spacial score (nSPS) is 15.4. The number of ether oxygens (including phenoxy) is 1. The van der Waals surface area contributed by atoms with Crippen molar-refractivity contribution in [3.8, 4) is 11.5 Å². The second-order valence-corrected chi connectivity index (χ2v) is 6.14. The SMILES string of the molecule is COc1cc([N+](=O)[O-])cc(C=C2C(=O)NC(=S)N(c3ccccc3F)C2=O)c1O. The summed E-state index contributed by atoms with van der Waals surface area (Å²) in [5.74, 6) is -3.36. The Morgan fingerprint density at radius 1 is 1.31 bits per heavy atom. The highest BCUT2D eigenvalue weighted by Gasteiger charge is 2.36. The minimum atomic E-state index is -0.964. The average molecular weight is 417 g/mol. The molecule has 0 aromatic heterocycles. The Bertz CT molecular complexity index is 1100. The Kier molecular flexibility index (Phi) is 5.24. The molecule has 0 atom stereocenters. The number of thiocarbonyl (C=S) groups is 1. The number of anilines is 1. The predicted molar refractivity (Wildman–Crippen MR) is 104 cm³/mol. The molecule has 3 rings (SSSR count). The van der Waals surface area contributed by atoms with Crippen molar-refractivity contribution in [3.63, 3.8) is 0 Å². The number of amides is 2. The molecule has 2 amide bonds. The fraction of sp³-hybridized carbons (Fsp3) is 0.0556. The van der Waals surface area contributed by atoms with E-state index < -0.39 is 39.6 Å². The lowest BCUT2D eigenvalue weighted by atomic mass is 10.0. The third kappa shape index (κ3) is 3.62. The fourth-order valence-electron chi connectivity index (χ4n) is 2.65. The van der Waals surface area contributed by atoms with Gasteiger partial charge in [-0.05, 0) is 30.4 Å². The zero-order valence-corrected chi connectivity index (χ0v) is 15.5. The van der Waals surface area contributed by atoms with Gasteiger partial charge in [-0.3, -0.25) is 25.0 Å². The summed E-state index contributed by atoms with van der Waals surface area (Å²) in [6.45, 7) is 0. The molecule has 1 aliphatic heterocycles. The fourth-order valence-corrected chi connectivity index (χ4v) is 2.92. The molecule has 0 radical (unpaired) electrons. The Balaban J connectivity index is 2.14. The molecule has 1 fully saturated rings. The monoisotopic (exact) mass is 417 g/mol. The first-order chi connectivity index (χ1) is 13.7. The van der Waals surface area contributed by atoms with Crippen molar-refractivity contribution in [3.05, 3.63) is 63.5 Å². The topological polar surface area (TPSA) is 122 Å². The zero-order chi connectivity index (χ0) is 21.3. The molecule has 9 nitrogen and oxygen atoms in total. The van der Waals surface area contributed by atoms with E-state index in [-0.39, 0.29) is 22.1 Å². The lowest BCUT2D eigenvalue weighted by molar-refractivity contribution is -0.385. The number of hydrogen-bond donors (Lipinski definition) is 2. The lowest BCUT2D eigenvalue weighted by Gasteiger charge is -2.29. The van der Waals surface area contributed by atoms with E-state index in [0.717, 1.165) is 29.2 Å². The van der Waals surface area contributed by atoms with E-state index in [0.29, 0.717) is 0 Å². The number of methoxy groups -OCH3 is 1. The number of nitro groups is 1. The first kappa shape index (κ1) is 19.9. The quantitative estimate of drug-likeness (QED) is 0.257. The molecular weight excluding hydrogens is 405 g/mol. The molecule has 0 saturated carbocycles. The molecule has 1 saturated heterocycles. The number of nitrogens with zero attached hydrogens (tertiary/aromatic N) is 2. The van der Waals surface area contributed by atoms with Gasteiger partial charge in [0.25, 0.3) is 17.5 Å². The number of carbonyl (C=O) groups is 2. The van der Waals surface area contributed by atoms with Gasteiger partial charge in [0.2, 0.25) is 0 Å². The number of phenolic OH excluding ortho intramolecular Hbond substituents is 1. The lowest BCUT2D eigenvalue weighted by Crippen LogP contribution is -2.54. The molecule has 0 spiro atoms. The summed E-state index contributed by atoms with van der Waals surface area (Å²) >= 11 is 4.98. The summed E-state index contributed by atoms with van der Waals surface area (Å²) < 4.78 is 19.1. The van der Waals surface area contributed by atoms with Crippen LogP contribution in [0, 0.1) is 15.9 Å². The van der Waals surface area contributed by atoms with Gasteiger partial charge in [-0.1, -0.05) is 12.1 Å². The van der Waals surface area contributed by atoms with E-state index >= 15 is 0 Å². The maximum Gasteiger partial charge on any atom is 0.274 e. The number of carbonyl (C=O) groups excluding carboxylic acids is 2. The van der Waals surface area contributed by atoms with E-state index in [2.05, 4.69) is 5.32 Å². The van der Waals surface area contributed by atoms with Gasteiger partial charge < -0.3 is 9.84 Å². The molecule has 0 unspecified atom stereocenters. The number of benzene rings is 2. The molecular formula is C18H12FN3O6S. The van der Waals surface area contributed by atoms with Crippen LogP contribution in [-0.4, -0.2) is 34.1 Å². The van der Waals surface area contributed by atoms with Crippen LogP contribution in [-0.2, 0) is 9.59 Å². The van der Waals surface area contributed by atoms with Gasteiger partial charge >= 0.3 is 0 Å². The highest BCUT2D eigenvalue weighted by Crippen LogP contribution is 2.36. The minimum Gasteiger partial charge on any atom is -0.504 e. The molecule has 11 heteroatoms. The minimum absolute atomic E-state index is 0.186. The van der Waals surface area contributed by atoms with Crippen molar-refractivity contribution >= 4 is 46.6 Å². The van der Waals surface area contributed by atoms with Crippen LogP contribution in [0.4, 0.5) is 15.8 Å². The second kappa shape index (κ2) is 7.64. The Morgan fingerprint density at radius 3 is 2.62 bits per heavy atom. The number of aromatic hydroxyl groups is 1. The highest BCUT2D eigenvalue weighted by molar-refractivity contribution is 7.80. The summed E-state index contributed by atoms with van der Waals surface area (Å²) in [5.41, 5.74) is -1.35. The largest absolute Gasteiger partial charge is 0.504 e. The standard InChI is InChI=1S/C18H12FN3O6S/c1-28-14-8-10(22(26)27)6-9(15(14)23)7-11-16(24)20-18(29)21(17(11)25)13-5-3-2-4-12(13)19/h2-8,23H,1H3,(H,20,24,29). The first-order valence-corrected chi connectivity index (χ1v) is 8.36. The van der Waals surface area contributed by atoms with E-state index in [1.807, 2.05) is 0 Å². The Morgan fingerprint density at radius 2 is 2.00 bits per heavy atom. The van der Waals surface area contributed by atoms with Crippen molar-refractivity contribution in [2.45, 2.75) is 0 Å². The van der Waals surface area contributed by atoms with E-state index in [4.69, 9.17) is 17.0 Å².